The van der Waals surface area contributed by atoms with Gasteiger partial charge in [-0.1, -0.05) is 13.8 Å². The monoisotopic (exact) mass is 126 g/mol. The number of imide groups is 1. The molecule has 0 aliphatic carbocycles. The van der Waals surface area contributed by atoms with Crippen molar-refractivity contribution in [1.29, 1.82) is 0 Å². The molecule has 0 aromatic carbocycles. The lowest BCUT2D eigenvalue weighted by atomic mass is 9.92. The van der Waals surface area contributed by atoms with Crippen molar-refractivity contribution < 1.29 is 9.59 Å². The SMILES string of the molecule is CC1(C)CC(=O)[N]C1=O. The highest BCUT2D eigenvalue weighted by molar-refractivity contribution is 6.04. The zero-order chi connectivity index (χ0) is 7.07. The summed E-state index contributed by atoms with van der Waals surface area (Å²) in [6.07, 6.45) is 0.270. The van der Waals surface area contributed by atoms with E-state index in [1.807, 2.05) is 0 Å². The number of hydrogen-bond acceptors (Lipinski definition) is 2. The summed E-state index contributed by atoms with van der Waals surface area (Å²) in [6.45, 7) is 3.45. The molecule has 0 aromatic heterocycles. The normalized spacial score (nSPS) is 24.2. The first-order valence-electron chi connectivity index (χ1n) is 2.81. The molecule has 0 N–H and O–H groups in total. The number of hydrogen-bond donors (Lipinski definition) is 0. The summed E-state index contributed by atoms with van der Waals surface area (Å²) in [7, 11) is 0. The van der Waals surface area contributed by atoms with Crippen molar-refractivity contribution in [1.82, 2.24) is 5.32 Å². The molecule has 0 saturated carbocycles. The number of carbonyl (C=O) groups is 2. The van der Waals surface area contributed by atoms with E-state index in [1.165, 1.54) is 0 Å². The molecule has 0 bridgehead atoms. The molecule has 9 heavy (non-hydrogen) atoms. The van der Waals surface area contributed by atoms with Gasteiger partial charge in [0, 0.05) is 6.42 Å². The highest BCUT2D eigenvalue weighted by Crippen LogP contribution is 2.25. The van der Waals surface area contributed by atoms with Gasteiger partial charge in [0.15, 0.2) is 0 Å². The van der Waals surface area contributed by atoms with E-state index in [1.54, 1.807) is 13.8 Å². The lowest BCUT2D eigenvalue weighted by molar-refractivity contribution is -0.128. The van der Waals surface area contributed by atoms with Crippen molar-refractivity contribution in [2.75, 3.05) is 0 Å². The van der Waals surface area contributed by atoms with Crippen LogP contribution in [0.3, 0.4) is 0 Å². The summed E-state index contributed by atoms with van der Waals surface area (Å²) < 4.78 is 0. The van der Waals surface area contributed by atoms with Crippen LogP contribution < -0.4 is 5.32 Å². The van der Waals surface area contributed by atoms with Crippen LogP contribution in [0.15, 0.2) is 0 Å². The first-order chi connectivity index (χ1) is 4.02. The van der Waals surface area contributed by atoms with Gasteiger partial charge in [-0.3, -0.25) is 9.59 Å². The summed E-state index contributed by atoms with van der Waals surface area (Å²) in [4.78, 5) is 21.2. The van der Waals surface area contributed by atoms with Crippen molar-refractivity contribution in [2.45, 2.75) is 20.3 Å². The van der Waals surface area contributed by atoms with E-state index in [9.17, 15) is 9.59 Å². The second-order valence-electron chi connectivity index (χ2n) is 2.87. The van der Waals surface area contributed by atoms with Gasteiger partial charge in [-0.25, -0.2) is 0 Å². The minimum atomic E-state index is -0.531. The standard InChI is InChI=1S/C6H8NO2/c1-6(2)3-4(8)7-5(6)9/h3H2,1-2H3. The van der Waals surface area contributed by atoms with E-state index in [0.717, 1.165) is 0 Å². The van der Waals surface area contributed by atoms with Gasteiger partial charge in [-0.2, -0.15) is 5.32 Å². The topological polar surface area (TPSA) is 48.2 Å². The van der Waals surface area contributed by atoms with Crippen LogP contribution in [0.25, 0.3) is 0 Å². The van der Waals surface area contributed by atoms with Gasteiger partial charge >= 0.3 is 0 Å². The highest BCUT2D eigenvalue weighted by Gasteiger charge is 2.39. The van der Waals surface area contributed by atoms with Crippen molar-refractivity contribution in [3.8, 4) is 0 Å². The Morgan fingerprint density at radius 3 is 2.11 bits per heavy atom. The van der Waals surface area contributed by atoms with E-state index in [4.69, 9.17) is 0 Å². The molecule has 1 saturated heterocycles. The van der Waals surface area contributed by atoms with Crippen LogP contribution in [0.4, 0.5) is 0 Å². The van der Waals surface area contributed by atoms with Gasteiger partial charge in [0.05, 0.1) is 5.41 Å². The van der Waals surface area contributed by atoms with E-state index in [-0.39, 0.29) is 18.2 Å². The molecule has 0 aromatic rings. The Morgan fingerprint density at radius 2 is 2.00 bits per heavy atom. The third-order valence-corrected chi connectivity index (χ3v) is 1.40. The summed E-state index contributed by atoms with van der Waals surface area (Å²) in [6, 6.07) is 0. The molecule has 0 atom stereocenters. The number of rotatable bonds is 0. The number of nitrogens with zero attached hydrogens (tertiary/aromatic N) is 1. The van der Waals surface area contributed by atoms with Crippen LogP contribution in [0.2, 0.25) is 0 Å². The van der Waals surface area contributed by atoms with E-state index >= 15 is 0 Å². The average Bonchev–Trinajstić information content (AvgIpc) is 1.79. The largest absolute Gasteiger partial charge is 0.272 e. The molecule has 1 aliphatic heterocycles. The maximum Gasteiger partial charge on any atom is 0.254 e. The lowest BCUT2D eigenvalue weighted by Gasteiger charge is -2.08. The van der Waals surface area contributed by atoms with Gasteiger partial charge in [-0.05, 0) is 0 Å². The third kappa shape index (κ3) is 0.943. The molecule has 1 fully saturated rings. The fraction of sp³-hybridized carbons (Fsp3) is 0.667. The van der Waals surface area contributed by atoms with Crippen molar-refractivity contribution in [2.24, 2.45) is 5.41 Å². The Hall–Kier alpha value is -0.860. The molecular weight excluding hydrogens is 118 g/mol. The van der Waals surface area contributed by atoms with Crippen molar-refractivity contribution in [3.63, 3.8) is 0 Å². The Morgan fingerprint density at radius 1 is 1.44 bits per heavy atom. The second kappa shape index (κ2) is 1.56. The maximum atomic E-state index is 10.7. The Balaban J connectivity index is 2.81. The zero-order valence-electron chi connectivity index (χ0n) is 5.47. The molecular formula is C6H8NO2. The summed E-state index contributed by atoms with van der Waals surface area (Å²) in [5.41, 5.74) is -0.531. The maximum absolute atomic E-state index is 10.7. The van der Waals surface area contributed by atoms with E-state index < -0.39 is 5.41 Å². The van der Waals surface area contributed by atoms with Crippen LogP contribution in [-0.4, -0.2) is 11.8 Å². The third-order valence-electron chi connectivity index (χ3n) is 1.40. The first kappa shape index (κ1) is 6.26. The molecule has 0 unspecified atom stereocenters. The van der Waals surface area contributed by atoms with Gasteiger partial charge in [0.25, 0.3) is 5.91 Å². The molecule has 2 amide bonds. The van der Waals surface area contributed by atoms with Gasteiger partial charge in [-0.15, -0.1) is 0 Å². The minimum Gasteiger partial charge on any atom is -0.272 e. The average molecular weight is 126 g/mol. The Kier molecular flexibility index (Phi) is 1.08. The molecule has 1 radical (unpaired) electrons. The Bertz CT molecular complexity index is 172. The molecule has 1 aliphatic rings. The number of amides is 2. The summed E-state index contributed by atoms with van der Waals surface area (Å²) >= 11 is 0. The van der Waals surface area contributed by atoms with E-state index in [0.29, 0.717) is 0 Å². The van der Waals surface area contributed by atoms with Crippen LogP contribution in [-0.2, 0) is 9.59 Å². The molecule has 49 valence electrons. The van der Waals surface area contributed by atoms with Crippen LogP contribution in [0, 0.1) is 5.41 Å². The fourth-order valence-corrected chi connectivity index (χ4v) is 0.758. The highest BCUT2D eigenvalue weighted by atomic mass is 16.2. The predicted molar refractivity (Wildman–Crippen MR) is 30.5 cm³/mol. The van der Waals surface area contributed by atoms with Gasteiger partial charge in [0.1, 0.15) is 0 Å². The molecule has 1 heterocycles. The minimum absolute atomic E-state index is 0.270. The van der Waals surface area contributed by atoms with Crippen molar-refractivity contribution in [3.05, 3.63) is 0 Å². The van der Waals surface area contributed by atoms with Crippen LogP contribution in [0.1, 0.15) is 20.3 Å². The smallest absolute Gasteiger partial charge is 0.254 e. The molecule has 3 nitrogen and oxygen atoms in total. The number of carbonyl (C=O) groups excluding carboxylic acids is 2. The molecule has 0 spiro atoms. The zero-order valence-corrected chi connectivity index (χ0v) is 5.47. The van der Waals surface area contributed by atoms with Gasteiger partial charge in [0.2, 0.25) is 5.91 Å². The summed E-state index contributed by atoms with van der Waals surface area (Å²) in [5.74, 6) is -0.572. The predicted octanol–water partition coefficient (Wildman–Crippen LogP) is 0.0739. The van der Waals surface area contributed by atoms with E-state index in [2.05, 4.69) is 5.32 Å². The molecule has 1 rings (SSSR count). The molecule has 3 heteroatoms. The summed E-state index contributed by atoms with van der Waals surface area (Å²) in [5, 5.41) is 3.26. The van der Waals surface area contributed by atoms with Crippen LogP contribution in [0.5, 0.6) is 0 Å². The Labute approximate surface area is 53.4 Å². The second-order valence-corrected chi connectivity index (χ2v) is 2.87. The fourth-order valence-electron chi connectivity index (χ4n) is 0.758. The first-order valence-corrected chi connectivity index (χ1v) is 2.81. The van der Waals surface area contributed by atoms with Crippen molar-refractivity contribution >= 4 is 11.8 Å². The quantitative estimate of drug-likeness (QED) is 0.431. The lowest BCUT2D eigenvalue weighted by Crippen LogP contribution is -2.21. The van der Waals surface area contributed by atoms with Crippen LogP contribution >= 0.6 is 0 Å². The van der Waals surface area contributed by atoms with Gasteiger partial charge < -0.3 is 0 Å².